The molecule has 2 aliphatic rings. The standard InChI is InChI=1S/C27H36ClN5O3/c1-19-11-15-31(16-12-19)27(2,3)13-10-22-29-23-24(33(22)18-20-6-8-21(28)9-7-20)30(4)26(36)32(25(23)35)14-5-17-34/h6-9,19,22,29,34H,5,11-12,14-18H2,1-4H3. The molecule has 1 atom stereocenters. The Kier molecular flexibility index (Phi) is 7.84. The van der Waals surface area contributed by atoms with E-state index in [9.17, 15) is 14.7 Å². The molecule has 4 rings (SSSR count). The number of fused-ring (bicyclic) bond motifs is 1. The molecule has 0 spiro atoms. The van der Waals surface area contributed by atoms with Crippen molar-refractivity contribution in [2.24, 2.45) is 13.0 Å². The predicted octanol–water partition coefficient (Wildman–Crippen LogP) is 2.85. The molecule has 2 aliphatic heterocycles. The van der Waals surface area contributed by atoms with E-state index in [1.54, 1.807) is 7.05 Å². The zero-order valence-corrected chi connectivity index (χ0v) is 22.3. The van der Waals surface area contributed by atoms with Gasteiger partial charge in [0.1, 0.15) is 11.5 Å². The van der Waals surface area contributed by atoms with E-state index >= 15 is 0 Å². The second kappa shape index (κ2) is 10.7. The number of aromatic nitrogens is 2. The van der Waals surface area contributed by atoms with Gasteiger partial charge in [0.05, 0.1) is 5.54 Å². The fourth-order valence-electron chi connectivity index (χ4n) is 4.94. The Balaban J connectivity index is 1.72. The minimum absolute atomic E-state index is 0.0960. The van der Waals surface area contributed by atoms with Gasteiger partial charge >= 0.3 is 5.69 Å². The molecule has 2 N–H and O–H groups in total. The smallest absolute Gasteiger partial charge is 0.332 e. The molecule has 2 aromatic rings. The molecular formula is C27H36ClN5O3. The van der Waals surface area contributed by atoms with E-state index in [-0.39, 0.29) is 18.7 Å². The summed E-state index contributed by atoms with van der Waals surface area (Å²) < 4.78 is 2.67. The van der Waals surface area contributed by atoms with E-state index in [1.165, 1.54) is 9.13 Å². The first-order chi connectivity index (χ1) is 17.1. The van der Waals surface area contributed by atoms with E-state index < -0.39 is 17.4 Å². The van der Waals surface area contributed by atoms with Gasteiger partial charge in [-0.15, -0.1) is 0 Å². The van der Waals surface area contributed by atoms with Crippen LogP contribution in [0.15, 0.2) is 33.9 Å². The van der Waals surface area contributed by atoms with Gasteiger partial charge in [-0.3, -0.25) is 18.8 Å². The summed E-state index contributed by atoms with van der Waals surface area (Å²) >= 11 is 6.09. The molecule has 9 heteroatoms. The van der Waals surface area contributed by atoms with Gasteiger partial charge in [-0.1, -0.05) is 42.5 Å². The second-order valence-electron chi connectivity index (χ2n) is 10.4. The molecule has 3 heterocycles. The first kappa shape index (κ1) is 26.3. The number of aliphatic hydroxyl groups is 1. The molecule has 0 bridgehead atoms. The van der Waals surface area contributed by atoms with Crippen LogP contribution in [0.5, 0.6) is 0 Å². The molecule has 0 amide bonds. The van der Waals surface area contributed by atoms with Crippen LogP contribution in [-0.4, -0.2) is 50.5 Å². The molecule has 1 fully saturated rings. The molecule has 0 radical (unpaired) electrons. The molecule has 36 heavy (non-hydrogen) atoms. The summed E-state index contributed by atoms with van der Waals surface area (Å²) in [6.45, 7) is 9.11. The maximum atomic E-state index is 13.3. The number of nitrogens with zero attached hydrogens (tertiary/aromatic N) is 4. The highest BCUT2D eigenvalue weighted by Crippen LogP contribution is 2.32. The molecule has 8 nitrogen and oxygen atoms in total. The van der Waals surface area contributed by atoms with Crippen LogP contribution in [0.2, 0.25) is 5.02 Å². The summed E-state index contributed by atoms with van der Waals surface area (Å²) in [5.41, 5.74) is 0.216. The van der Waals surface area contributed by atoms with Crippen molar-refractivity contribution in [2.75, 3.05) is 29.9 Å². The van der Waals surface area contributed by atoms with E-state index in [2.05, 4.69) is 42.8 Å². The lowest BCUT2D eigenvalue weighted by Gasteiger charge is -2.39. The third-order valence-electron chi connectivity index (χ3n) is 7.28. The van der Waals surface area contributed by atoms with Crippen LogP contribution in [0.4, 0.5) is 11.5 Å². The fourth-order valence-corrected chi connectivity index (χ4v) is 5.07. The molecule has 0 aliphatic carbocycles. The maximum Gasteiger partial charge on any atom is 0.332 e. The number of hydrogen-bond acceptors (Lipinski definition) is 6. The van der Waals surface area contributed by atoms with Gasteiger partial charge in [-0.2, -0.15) is 0 Å². The number of aliphatic hydroxyl groups excluding tert-OH is 1. The molecular weight excluding hydrogens is 478 g/mol. The van der Waals surface area contributed by atoms with E-state index in [0.717, 1.165) is 37.4 Å². The average molecular weight is 514 g/mol. The normalized spacial score (nSPS) is 18.5. The van der Waals surface area contributed by atoms with Crippen LogP contribution in [-0.2, 0) is 20.1 Å². The number of nitrogens with one attached hydrogen (secondary N) is 1. The molecule has 1 saturated heterocycles. The third-order valence-corrected chi connectivity index (χ3v) is 7.53. The number of hydrogen-bond donors (Lipinski definition) is 2. The SMILES string of the molecule is CC1CCN(C(C)(C)C#CC2Nc3c(n(C)c(=O)n(CCCO)c3=O)N2Cc2ccc(Cl)cc2)CC1. The highest BCUT2D eigenvalue weighted by atomic mass is 35.5. The van der Waals surface area contributed by atoms with Crippen LogP contribution in [0, 0.1) is 17.8 Å². The molecule has 0 saturated carbocycles. The van der Waals surface area contributed by atoms with Gasteiger partial charge in [-0.05, 0) is 69.8 Å². The Morgan fingerprint density at radius 2 is 1.83 bits per heavy atom. The van der Waals surface area contributed by atoms with E-state index in [4.69, 9.17) is 11.6 Å². The minimum atomic E-state index is -0.481. The number of anilines is 2. The highest BCUT2D eigenvalue weighted by molar-refractivity contribution is 6.30. The van der Waals surface area contributed by atoms with Crippen LogP contribution < -0.4 is 21.5 Å². The fraction of sp³-hybridized carbons (Fsp3) is 0.556. The molecule has 1 unspecified atom stereocenters. The van der Waals surface area contributed by atoms with Crippen molar-refractivity contribution >= 4 is 23.1 Å². The Morgan fingerprint density at radius 1 is 1.17 bits per heavy atom. The first-order valence-corrected chi connectivity index (χ1v) is 13.0. The van der Waals surface area contributed by atoms with Crippen molar-refractivity contribution < 1.29 is 5.11 Å². The maximum absolute atomic E-state index is 13.3. The van der Waals surface area contributed by atoms with Crippen molar-refractivity contribution in [3.63, 3.8) is 0 Å². The zero-order valence-electron chi connectivity index (χ0n) is 21.6. The Labute approximate surface area is 217 Å². The molecule has 194 valence electrons. The van der Waals surface area contributed by atoms with E-state index in [0.29, 0.717) is 29.5 Å². The predicted molar refractivity (Wildman–Crippen MR) is 145 cm³/mol. The lowest BCUT2D eigenvalue weighted by atomic mass is 9.94. The minimum Gasteiger partial charge on any atom is -0.396 e. The van der Waals surface area contributed by atoms with Crippen LogP contribution in [0.3, 0.4) is 0 Å². The van der Waals surface area contributed by atoms with Gasteiger partial charge in [0.15, 0.2) is 6.17 Å². The van der Waals surface area contributed by atoms with Crippen LogP contribution in [0.1, 0.15) is 45.6 Å². The van der Waals surface area contributed by atoms with Gasteiger partial charge in [0.2, 0.25) is 0 Å². The molecule has 1 aromatic heterocycles. The first-order valence-electron chi connectivity index (χ1n) is 12.6. The summed E-state index contributed by atoms with van der Waals surface area (Å²) in [6, 6.07) is 7.52. The van der Waals surface area contributed by atoms with Crippen LogP contribution in [0.25, 0.3) is 0 Å². The van der Waals surface area contributed by atoms with Crippen molar-refractivity contribution in [3.05, 3.63) is 55.7 Å². The Morgan fingerprint density at radius 3 is 2.47 bits per heavy atom. The average Bonchev–Trinajstić information content (AvgIpc) is 3.21. The Bertz CT molecular complexity index is 1260. The highest BCUT2D eigenvalue weighted by Gasteiger charge is 2.35. The summed E-state index contributed by atoms with van der Waals surface area (Å²) in [5, 5.41) is 13.2. The monoisotopic (exact) mass is 513 g/mol. The summed E-state index contributed by atoms with van der Waals surface area (Å²) in [5.74, 6) is 8.11. The summed E-state index contributed by atoms with van der Waals surface area (Å²) in [7, 11) is 1.67. The summed E-state index contributed by atoms with van der Waals surface area (Å²) in [4.78, 5) is 30.8. The molecule has 1 aromatic carbocycles. The largest absolute Gasteiger partial charge is 0.396 e. The Hall–Kier alpha value is -2.73. The quantitative estimate of drug-likeness (QED) is 0.578. The van der Waals surface area contributed by atoms with Crippen molar-refractivity contribution in [3.8, 4) is 11.8 Å². The number of piperidine rings is 1. The van der Waals surface area contributed by atoms with Gasteiger partial charge in [-0.25, -0.2) is 4.79 Å². The topological polar surface area (TPSA) is 82.7 Å². The number of rotatable bonds is 6. The summed E-state index contributed by atoms with van der Waals surface area (Å²) in [6.07, 6.45) is 2.17. The van der Waals surface area contributed by atoms with E-state index in [1.807, 2.05) is 29.2 Å². The third kappa shape index (κ3) is 5.34. The van der Waals surface area contributed by atoms with Gasteiger partial charge in [0.25, 0.3) is 5.56 Å². The lowest BCUT2D eigenvalue weighted by molar-refractivity contribution is 0.117. The zero-order chi connectivity index (χ0) is 26.0. The number of halogens is 1. The van der Waals surface area contributed by atoms with Gasteiger partial charge < -0.3 is 15.3 Å². The van der Waals surface area contributed by atoms with Crippen molar-refractivity contribution in [1.29, 1.82) is 0 Å². The van der Waals surface area contributed by atoms with Crippen molar-refractivity contribution in [2.45, 2.75) is 64.8 Å². The second-order valence-corrected chi connectivity index (χ2v) is 10.8. The lowest BCUT2D eigenvalue weighted by Crippen LogP contribution is -2.47. The van der Waals surface area contributed by atoms with Crippen molar-refractivity contribution in [1.82, 2.24) is 14.0 Å². The number of benzene rings is 1. The van der Waals surface area contributed by atoms with Gasteiger partial charge in [0, 0.05) is 31.8 Å². The van der Waals surface area contributed by atoms with Crippen LogP contribution >= 0.6 is 11.6 Å². The number of likely N-dealkylation sites (tertiary alicyclic amines) is 1.